The van der Waals surface area contributed by atoms with Gasteiger partial charge >= 0.3 is 12.3 Å². The van der Waals surface area contributed by atoms with Crippen molar-refractivity contribution in [3.63, 3.8) is 0 Å². The molecular formula is C18H18Cl2F3NO3. The Labute approximate surface area is 165 Å². The number of nitrogens with one attached hydrogen (secondary N) is 1. The van der Waals surface area contributed by atoms with Crippen LogP contribution in [0.15, 0.2) is 18.2 Å². The molecule has 1 aromatic carbocycles. The van der Waals surface area contributed by atoms with Gasteiger partial charge in [0, 0.05) is 22.4 Å². The van der Waals surface area contributed by atoms with Gasteiger partial charge in [-0.25, -0.2) is 4.79 Å². The standard InChI is InChI=1S/C18H18Cl2F3NO3/c19-9-1-2-10-27-16(25)24-15-6-5-13(20)11-14(15)17(26,18(21,22)23)8-7-12-3-4-12/h5-6,11-12,26H,1-4,9-10H2,(H,24,25)/t17-/m0/s1. The van der Waals surface area contributed by atoms with Gasteiger partial charge < -0.3 is 9.84 Å². The third-order valence-corrected chi connectivity index (χ3v) is 4.32. The summed E-state index contributed by atoms with van der Waals surface area (Å²) < 4.78 is 45.8. The summed E-state index contributed by atoms with van der Waals surface area (Å²) in [6.07, 6.45) is -3.52. The highest BCUT2D eigenvalue weighted by atomic mass is 35.5. The Kier molecular flexibility index (Phi) is 7.26. The van der Waals surface area contributed by atoms with E-state index in [1.807, 2.05) is 5.92 Å². The van der Waals surface area contributed by atoms with Crippen molar-refractivity contribution in [3.8, 4) is 11.8 Å². The first kappa shape index (κ1) is 21.7. The van der Waals surface area contributed by atoms with Gasteiger partial charge in [-0.15, -0.1) is 11.6 Å². The topological polar surface area (TPSA) is 58.6 Å². The number of carbonyl (C=O) groups excluding carboxylic acids is 1. The average molecular weight is 424 g/mol. The van der Waals surface area contributed by atoms with Crippen LogP contribution >= 0.6 is 23.2 Å². The molecule has 0 aliphatic heterocycles. The molecule has 0 saturated heterocycles. The molecule has 1 saturated carbocycles. The lowest BCUT2D eigenvalue weighted by molar-refractivity contribution is -0.240. The van der Waals surface area contributed by atoms with Crippen LogP contribution in [0.1, 0.15) is 31.2 Å². The van der Waals surface area contributed by atoms with Crippen molar-refractivity contribution in [1.82, 2.24) is 0 Å². The first-order chi connectivity index (χ1) is 12.7. The number of hydrogen-bond donors (Lipinski definition) is 2. The van der Waals surface area contributed by atoms with E-state index in [9.17, 15) is 23.1 Å². The van der Waals surface area contributed by atoms with E-state index in [1.165, 1.54) is 6.07 Å². The minimum atomic E-state index is -5.10. The van der Waals surface area contributed by atoms with Crippen LogP contribution in [0.2, 0.25) is 5.02 Å². The molecule has 1 atom stereocenters. The van der Waals surface area contributed by atoms with E-state index in [2.05, 4.69) is 11.2 Å². The van der Waals surface area contributed by atoms with Crippen molar-refractivity contribution in [2.45, 2.75) is 37.5 Å². The largest absolute Gasteiger partial charge is 0.449 e. The predicted octanol–water partition coefficient (Wildman–Crippen LogP) is 5.07. The van der Waals surface area contributed by atoms with Crippen molar-refractivity contribution in [3.05, 3.63) is 28.8 Å². The monoisotopic (exact) mass is 423 g/mol. The number of unbranched alkanes of at least 4 members (excludes halogenated alkanes) is 1. The van der Waals surface area contributed by atoms with Crippen LogP contribution in [0.25, 0.3) is 0 Å². The van der Waals surface area contributed by atoms with Gasteiger partial charge in [0.1, 0.15) is 0 Å². The lowest BCUT2D eigenvalue weighted by Gasteiger charge is -2.28. The summed E-state index contributed by atoms with van der Waals surface area (Å²) in [5, 5.41) is 12.6. The maximum Gasteiger partial charge on any atom is 0.433 e. The van der Waals surface area contributed by atoms with Gasteiger partial charge in [-0.05, 0) is 43.9 Å². The van der Waals surface area contributed by atoms with Crippen LogP contribution in [0.4, 0.5) is 23.7 Å². The van der Waals surface area contributed by atoms with E-state index in [4.69, 9.17) is 27.9 Å². The molecule has 2 rings (SSSR count). The Morgan fingerprint density at radius 3 is 2.63 bits per heavy atom. The molecule has 0 heterocycles. The van der Waals surface area contributed by atoms with Gasteiger partial charge in [0.2, 0.25) is 5.60 Å². The fraction of sp³-hybridized carbons (Fsp3) is 0.500. The van der Waals surface area contributed by atoms with E-state index >= 15 is 0 Å². The van der Waals surface area contributed by atoms with Crippen LogP contribution in [0.3, 0.4) is 0 Å². The number of ether oxygens (including phenoxy) is 1. The van der Waals surface area contributed by atoms with Crippen molar-refractivity contribution >= 4 is 35.0 Å². The van der Waals surface area contributed by atoms with Crippen molar-refractivity contribution in [1.29, 1.82) is 0 Å². The summed E-state index contributed by atoms with van der Waals surface area (Å²) in [5.41, 5.74) is -4.41. The van der Waals surface area contributed by atoms with Crippen LogP contribution in [-0.4, -0.2) is 29.9 Å². The molecule has 0 bridgehead atoms. The molecule has 1 aromatic rings. The highest BCUT2D eigenvalue weighted by molar-refractivity contribution is 6.30. The Morgan fingerprint density at radius 1 is 1.33 bits per heavy atom. The van der Waals surface area contributed by atoms with Crippen LogP contribution in [0, 0.1) is 17.8 Å². The number of benzene rings is 1. The van der Waals surface area contributed by atoms with Crippen LogP contribution < -0.4 is 5.32 Å². The fourth-order valence-corrected chi connectivity index (χ4v) is 2.52. The first-order valence-corrected chi connectivity index (χ1v) is 9.20. The Morgan fingerprint density at radius 2 is 2.04 bits per heavy atom. The molecule has 2 N–H and O–H groups in total. The minimum absolute atomic E-state index is 0.0399. The summed E-state index contributed by atoms with van der Waals surface area (Å²) in [6.45, 7) is 0.0620. The van der Waals surface area contributed by atoms with E-state index in [-0.39, 0.29) is 23.2 Å². The van der Waals surface area contributed by atoms with Gasteiger partial charge in [-0.3, -0.25) is 5.32 Å². The van der Waals surface area contributed by atoms with E-state index < -0.39 is 23.4 Å². The normalized spacial score (nSPS) is 16.1. The number of rotatable bonds is 6. The molecule has 9 heteroatoms. The summed E-state index contributed by atoms with van der Waals surface area (Å²) in [7, 11) is 0. The summed E-state index contributed by atoms with van der Waals surface area (Å²) in [6, 6.07) is 3.38. The first-order valence-electron chi connectivity index (χ1n) is 8.29. The molecule has 0 spiro atoms. The van der Waals surface area contributed by atoms with Crippen LogP contribution in [-0.2, 0) is 10.3 Å². The molecule has 1 aliphatic carbocycles. The zero-order valence-corrected chi connectivity index (χ0v) is 15.7. The lowest BCUT2D eigenvalue weighted by Crippen LogP contribution is -2.42. The molecule has 1 amide bonds. The number of halogens is 5. The molecule has 27 heavy (non-hydrogen) atoms. The Balaban J connectivity index is 2.30. The molecule has 0 unspecified atom stereocenters. The molecular weight excluding hydrogens is 406 g/mol. The Hall–Kier alpha value is -1.62. The molecule has 1 fully saturated rings. The number of alkyl halides is 4. The van der Waals surface area contributed by atoms with Crippen LogP contribution in [0.5, 0.6) is 0 Å². The smallest absolute Gasteiger partial charge is 0.433 e. The fourth-order valence-electron chi connectivity index (χ4n) is 2.16. The number of hydrogen-bond acceptors (Lipinski definition) is 3. The number of anilines is 1. The van der Waals surface area contributed by atoms with Crippen molar-refractivity contribution < 1.29 is 27.8 Å². The third-order valence-electron chi connectivity index (χ3n) is 3.81. The Bertz CT molecular complexity index is 742. The molecule has 148 valence electrons. The summed E-state index contributed by atoms with van der Waals surface area (Å²) in [5.74, 6) is 4.60. The highest BCUT2D eigenvalue weighted by Crippen LogP contribution is 2.43. The summed E-state index contributed by atoms with van der Waals surface area (Å²) in [4.78, 5) is 11.9. The second-order valence-corrected chi connectivity index (χ2v) is 6.91. The quantitative estimate of drug-likeness (QED) is 0.381. The number of amides is 1. The lowest BCUT2D eigenvalue weighted by atomic mass is 9.91. The van der Waals surface area contributed by atoms with E-state index in [0.717, 1.165) is 12.1 Å². The van der Waals surface area contributed by atoms with Crippen molar-refractivity contribution in [2.75, 3.05) is 17.8 Å². The number of aliphatic hydroxyl groups is 1. The van der Waals surface area contributed by atoms with Gasteiger partial charge in [-0.1, -0.05) is 23.4 Å². The average Bonchev–Trinajstić information content (AvgIpc) is 3.41. The zero-order chi connectivity index (χ0) is 20.1. The maximum atomic E-state index is 13.6. The van der Waals surface area contributed by atoms with Gasteiger partial charge in [0.15, 0.2) is 0 Å². The van der Waals surface area contributed by atoms with Gasteiger partial charge in [-0.2, -0.15) is 13.2 Å². The second kappa shape index (κ2) is 9.05. The molecule has 1 aliphatic rings. The molecule has 4 nitrogen and oxygen atoms in total. The maximum absolute atomic E-state index is 13.6. The molecule has 0 radical (unpaired) electrons. The van der Waals surface area contributed by atoms with Gasteiger partial charge in [0.25, 0.3) is 0 Å². The summed E-state index contributed by atoms with van der Waals surface area (Å²) >= 11 is 11.3. The predicted molar refractivity (Wildman–Crippen MR) is 96.8 cm³/mol. The molecule has 0 aromatic heterocycles. The second-order valence-electron chi connectivity index (χ2n) is 6.10. The highest BCUT2D eigenvalue weighted by Gasteiger charge is 2.55. The number of carbonyl (C=O) groups is 1. The van der Waals surface area contributed by atoms with E-state index in [1.54, 1.807) is 0 Å². The van der Waals surface area contributed by atoms with E-state index in [0.29, 0.717) is 31.6 Å². The minimum Gasteiger partial charge on any atom is -0.449 e. The zero-order valence-electron chi connectivity index (χ0n) is 14.2. The third kappa shape index (κ3) is 5.93. The van der Waals surface area contributed by atoms with Crippen molar-refractivity contribution in [2.24, 2.45) is 5.92 Å². The SMILES string of the molecule is O=C(Nc1ccc(Cl)cc1[C@@](O)(C#CC1CC1)C(F)(F)F)OCCCCCl. The van der Waals surface area contributed by atoms with Gasteiger partial charge in [0.05, 0.1) is 12.3 Å².